The Morgan fingerprint density at radius 3 is 2.39 bits per heavy atom. The second kappa shape index (κ2) is 8.92. The number of fused-ring (bicyclic) bond motifs is 1. The molecule has 0 saturated heterocycles. The Bertz CT molecular complexity index is 918. The number of carbonyl (C=O) groups is 1. The summed E-state index contributed by atoms with van der Waals surface area (Å²) in [5.74, 6) is 0.910. The molecule has 3 heteroatoms. The van der Waals surface area contributed by atoms with Gasteiger partial charge in [0, 0.05) is 11.8 Å². The maximum Gasteiger partial charge on any atom is 0.220 e. The fourth-order valence-electron chi connectivity index (χ4n) is 3.19. The summed E-state index contributed by atoms with van der Waals surface area (Å²) in [6.45, 7) is 7.58. The molecule has 0 atom stereocenters. The van der Waals surface area contributed by atoms with Crippen LogP contribution in [0, 0.1) is 0 Å². The van der Waals surface area contributed by atoms with Crippen LogP contribution in [0.4, 0.5) is 0 Å². The van der Waals surface area contributed by atoms with Gasteiger partial charge in [-0.15, -0.1) is 0 Å². The van der Waals surface area contributed by atoms with E-state index < -0.39 is 0 Å². The maximum absolute atomic E-state index is 12.1. The van der Waals surface area contributed by atoms with Crippen molar-refractivity contribution in [3.63, 3.8) is 0 Å². The highest BCUT2D eigenvalue weighted by atomic mass is 16.5. The van der Waals surface area contributed by atoms with Crippen LogP contribution in [0.15, 0.2) is 66.7 Å². The fourth-order valence-corrected chi connectivity index (χ4v) is 3.19. The Morgan fingerprint density at radius 2 is 1.64 bits per heavy atom. The highest BCUT2D eigenvalue weighted by Crippen LogP contribution is 2.25. The molecule has 146 valence electrons. The van der Waals surface area contributed by atoms with Gasteiger partial charge in [-0.2, -0.15) is 0 Å². The quantitative estimate of drug-likeness (QED) is 0.572. The lowest BCUT2D eigenvalue weighted by Crippen LogP contribution is -2.28. The smallest absolute Gasteiger partial charge is 0.220 e. The first-order valence-electron chi connectivity index (χ1n) is 9.90. The molecular weight excluding hydrogens is 346 g/mol. The van der Waals surface area contributed by atoms with E-state index in [1.54, 1.807) is 0 Å². The average molecular weight is 376 g/mol. The van der Waals surface area contributed by atoms with E-state index in [4.69, 9.17) is 4.74 Å². The van der Waals surface area contributed by atoms with Crippen LogP contribution in [0.1, 0.15) is 38.3 Å². The second-order valence-electron chi connectivity index (χ2n) is 8.12. The van der Waals surface area contributed by atoms with Crippen molar-refractivity contribution in [1.29, 1.82) is 0 Å². The minimum Gasteiger partial charge on any atom is -0.491 e. The van der Waals surface area contributed by atoms with Crippen LogP contribution in [0.5, 0.6) is 5.75 Å². The highest BCUT2D eigenvalue weighted by Gasteiger charge is 2.13. The molecule has 0 aliphatic rings. The van der Waals surface area contributed by atoms with Gasteiger partial charge in [0.25, 0.3) is 0 Å². The predicted molar refractivity (Wildman–Crippen MR) is 116 cm³/mol. The van der Waals surface area contributed by atoms with E-state index in [-0.39, 0.29) is 11.3 Å². The summed E-state index contributed by atoms with van der Waals surface area (Å²) in [6.07, 6.45) is 1.24. The molecule has 0 aromatic heterocycles. The summed E-state index contributed by atoms with van der Waals surface area (Å²) in [6, 6.07) is 22.7. The first-order chi connectivity index (χ1) is 13.4. The van der Waals surface area contributed by atoms with Crippen LogP contribution < -0.4 is 10.1 Å². The van der Waals surface area contributed by atoms with Gasteiger partial charge in [0.2, 0.25) is 5.91 Å². The summed E-state index contributed by atoms with van der Waals surface area (Å²) in [5.41, 5.74) is 2.65. The normalized spacial score (nSPS) is 11.4. The summed E-state index contributed by atoms with van der Waals surface area (Å²) in [5, 5.41) is 5.19. The maximum atomic E-state index is 12.1. The number of benzene rings is 3. The molecule has 0 unspecified atom stereocenters. The zero-order chi connectivity index (χ0) is 20.0. The molecule has 0 bridgehead atoms. The Hall–Kier alpha value is -2.81. The van der Waals surface area contributed by atoms with Crippen molar-refractivity contribution in [3.8, 4) is 5.75 Å². The van der Waals surface area contributed by atoms with E-state index in [9.17, 15) is 4.79 Å². The summed E-state index contributed by atoms with van der Waals surface area (Å²) in [7, 11) is 0. The van der Waals surface area contributed by atoms with Crippen molar-refractivity contribution < 1.29 is 9.53 Å². The highest BCUT2D eigenvalue weighted by molar-refractivity contribution is 5.88. The van der Waals surface area contributed by atoms with Crippen LogP contribution in [-0.2, 0) is 16.6 Å². The molecule has 3 aromatic rings. The van der Waals surface area contributed by atoms with Crippen molar-refractivity contribution in [2.45, 2.75) is 39.0 Å². The zero-order valence-corrected chi connectivity index (χ0v) is 17.0. The van der Waals surface area contributed by atoms with Crippen LogP contribution in [-0.4, -0.2) is 19.1 Å². The van der Waals surface area contributed by atoms with Crippen LogP contribution in [0.3, 0.4) is 0 Å². The molecule has 28 heavy (non-hydrogen) atoms. The molecule has 0 heterocycles. The van der Waals surface area contributed by atoms with E-state index >= 15 is 0 Å². The van der Waals surface area contributed by atoms with Crippen molar-refractivity contribution in [3.05, 3.63) is 77.9 Å². The van der Waals surface area contributed by atoms with Gasteiger partial charge in [-0.3, -0.25) is 4.79 Å². The number of rotatable bonds is 7. The fraction of sp³-hybridized carbons (Fsp3) is 0.320. The molecule has 0 spiro atoms. The van der Waals surface area contributed by atoms with Crippen molar-refractivity contribution in [2.75, 3.05) is 13.2 Å². The minimum atomic E-state index is 0.0569. The molecular formula is C25H29NO2. The number of hydrogen-bond acceptors (Lipinski definition) is 2. The van der Waals surface area contributed by atoms with Gasteiger partial charge in [0.1, 0.15) is 12.4 Å². The molecule has 0 saturated carbocycles. The third-order valence-electron chi connectivity index (χ3n) is 4.89. The number of carbonyl (C=O) groups excluding carboxylic acids is 1. The van der Waals surface area contributed by atoms with Crippen molar-refractivity contribution >= 4 is 16.7 Å². The Labute approximate surface area is 167 Å². The van der Waals surface area contributed by atoms with E-state index in [0.29, 0.717) is 19.6 Å². The molecule has 1 N–H and O–H groups in total. The van der Waals surface area contributed by atoms with E-state index in [1.165, 1.54) is 11.1 Å². The van der Waals surface area contributed by atoms with Gasteiger partial charge in [-0.25, -0.2) is 0 Å². The van der Waals surface area contributed by atoms with Crippen LogP contribution in [0.2, 0.25) is 0 Å². The molecule has 3 rings (SSSR count). The Morgan fingerprint density at radius 1 is 0.929 bits per heavy atom. The Kier molecular flexibility index (Phi) is 6.35. The third kappa shape index (κ3) is 5.35. The first kappa shape index (κ1) is 19.9. The Balaban J connectivity index is 1.41. The number of amides is 1. The first-order valence-corrected chi connectivity index (χ1v) is 9.90. The molecule has 0 radical (unpaired) electrons. The van der Waals surface area contributed by atoms with Gasteiger partial charge in [0.15, 0.2) is 0 Å². The zero-order valence-electron chi connectivity index (χ0n) is 17.0. The summed E-state index contributed by atoms with van der Waals surface area (Å²) >= 11 is 0. The number of ether oxygens (including phenoxy) is 1. The van der Waals surface area contributed by atoms with Crippen LogP contribution in [0.25, 0.3) is 10.8 Å². The molecule has 3 nitrogen and oxygen atoms in total. The lowest BCUT2D eigenvalue weighted by molar-refractivity contribution is -0.121. The van der Waals surface area contributed by atoms with Gasteiger partial charge in [-0.1, -0.05) is 81.4 Å². The van der Waals surface area contributed by atoms with E-state index in [2.05, 4.69) is 62.5 Å². The van der Waals surface area contributed by atoms with Gasteiger partial charge in [0.05, 0.1) is 6.54 Å². The van der Waals surface area contributed by atoms with Crippen molar-refractivity contribution in [2.24, 2.45) is 0 Å². The summed E-state index contributed by atoms with van der Waals surface area (Å²) in [4.78, 5) is 12.1. The number of hydrogen-bond donors (Lipinski definition) is 1. The molecule has 0 aliphatic carbocycles. The van der Waals surface area contributed by atoms with Crippen LogP contribution >= 0.6 is 0 Å². The lowest BCUT2D eigenvalue weighted by atomic mass is 9.86. The van der Waals surface area contributed by atoms with Gasteiger partial charge in [-0.05, 0) is 34.4 Å². The van der Waals surface area contributed by atoms with E-state index in [1.807, 2.05) is 30.3 Å². The van der Waals surface area contributed by atoms with E-state index in [0.717, 1.165) is 22.9 Å². The number of aryl methyl sites for hydroxylation is 1. The molecule has 3 aromatic carbocycles. The largest absolute Gasteiger partial charge is 0.491 e. The predicted octanol–water partition coefficient (Wildman–Crippen LogP) is 5.27. The average Bonchev–Trinajstić information content (AvgIpc) is 2.69. The lowest BCUT2D eigenvalue weighted by Gasteiger charge is -2.19. The topological polar surface area (TPSA) is 38.3 Å². The standard InChI is InChI=1S/C25H29NO2/c1-25(2,3)21-14-11-19(12-15-21)13-16-24(27)26-17-18-28-23-10-6-8-20-7-4-5-9-22(20)23/h4-12,14-15H,13,16-18H2,1-3H3,(H,26,27). The number of nitrogens with one attached hydrogen (secondary N) is 1. The third-order valence-corrected chi connectivity index (χ3v) is 4.89. The molecule has 0 aliphatic heterocycles. The van der Waals surface area contributed by atoms with Crippen molar-refractivity contribution in [1.82, 2.24) is 5.32 Å². The summed E-state index contributed by atoms with van der Waals surface area (Å²) < 4.78 is 5.86. The SMILES string of the molecule is CC(C)(C)c1ccc(CCC(=O)NCCOc2cccc3ccccc23)cc1. The monoisotopic (exact) mass is 375 g/mol. The van der Waals surface area contributed by atoms with Gasteiger partial charge < -0.3 is 10.1 Å². The second-order valence-corrected chi connectivity index (χ2v) is 8.12. The molecule has 1 amide bonds. The molecule has 0 fully saturated rings. The minimum absolute atomic E-state index is 0.0569. The van der Waals surface area contributed by atoms with Gasteiger partial charge >= 0.3 is 0 Å².